The van der Waals surface area contributed by atoms with Crippen LogP contribution in [-0.2, 0) is 0 Å². The van der Waals surface area contributed by atoms with Crippen LogP contribution in [0.25, 0.3) is 0 Å². The van der Waals surface area contributed by atoms with Crippen molar-refractivity contribution in [3.05, 3.63) is 0 Å². The van der Waals surface area contributed by atoms with E-state index in [4.69, 9.17) is 6.42 Å². The molecule has 4 saturated carbocycles. The molecule has 4 rings (SSSR count). The van der Waals surface area contributed by atoms with Gasteiger partial charge in [0.05, 0.1) is 0 Å². The number of hydrogen-bond acceptors (Lipinski definition) is 1. The molecule has 3 nitrogen and oxygen atoms in total. The molecule has 4 bridgehead atoms. The molecule has 2 amide bonds. The highest BCUT2D eigenvalue weighted by atomic mass is 16.2. The Balaban J connectivity index is 1.60. The first kappa shape index (κ1) is 13.8. The first-order valence-corrected chi connectivity index (χ1v) is 8.14. The predicted molar refractivity (Wildman–Crippen MR) is 80.1 cm³/mol. The third-order valence-electron chi connectivity index (χ3n) is 5.61. The lowest BCUT2D eigenvalue weighted by atomic mass is 9.53. The van der Waals surface area contributed by atoms with Gasteiger partial charge in [-0.05, 0) is 62.7 Å². The van der Waals surface area contributed by atoms with Gasteiger partial charge in [0.25, 0.3) is 0 Å². The summed E-state index contributed by atoms with van der Waals surface area (Å²) in [7, 11) is 0. The fourth-order valence-corrected chi connectivity index (χ4v) is 5.17. The van der Waals surface area contributed by atoms with Crippen LogP contribution in [-0.4, -0.2) is 17.6 Å². The van der Waals surface area contributed by atoms with E-state index in [0.29, 0.717) is 6.42 Å². The quantitative estimate of drug-likeness (QED) is 0.760. The predicted octanol–water partition coefficient (Wildman–Crippen LogP) is 3.06. The van der Waals surface area contributed by atoms with Crippen LogP contribution in [0.15, 0.2) is 0 Å². The van der Waals surface area contributed by atoms with Crippen molar-refractivity contribution in [2.75, 3.05) is 0 Å². The molecule has 3 heteroatoms. The number of carbonyl (C=O) groups is 1. The van der Waals surface area contributed by atoms with Gasteiger partial charge in [-0.25, -0.2) is 4.79 Å². The van der Waals surface area contributed by atoms with E-state index in [1.807, 2.05) is 0 Å². The molecule has 0 aliphatic heterocycles. The van der Waals surface area contributed by atoms with Crippen LogP contribution in [0.3, 0.4) is 0 Å². The highest BCUT2D eigenvalue weighted by molar-refractivity contribution is 5.75. The molecule has 20 heavy (non-hydrogen) atoms. The van der Waals surface area contributed by atoms with E-state index in [-0.39, 0.29) is 17.6 Å². The van der Waals surface area contributed by atoms with Crippen molar-refractivity contribution in [3.8, 4) is 12.3 Å². The van der Waals surface area contributed by atoms with Crippen LogP contribution >= 0.6 is 0 Å². The Hall–Kier alpha value is -1.17. The maximum Gasteiger partial charge on any atom is 0.315 e. The van der Waals surface area contributed by atoms with Gasteiger partial charge in [0.15, 0.2) is 0 Å². The smallest absolute Gasteiger partial charge is 0.315 e. The van der Waals surface area contributed by atoms with Crippen molar-refractivity contribution in [1.82, 2.24) is 10.6 Å². The molecule has 1 unspecified atom stereocenters. The van der Waals surface area contributed by atoms with E-state index in [2.05, 4.69) is 23.5 Å². The zero-order chi connectivity index (χ0) is 14.2. The number of terminal acetylenes is 1. The molecule has 110 valence electrons. The Morgan fingerprint density at radius 1 is 1.25 bits per heavy atom. The second-order valence-electron chi connectivity index (χ2n) is 7.31. The molecular formula is C17H26N2O. The first-order valence-electron chi connectivity index (χ1n) is 8.14. The van der Waals surface area contributed by atoms with Gasteiger partial charge in [0, 0.05) is 18.0 Å². The SMILES string of the molecule is C#CCC(CC)NC(=O)NC12CC3CC(CC(C3)C1)C2. The second kappa shape index (κ2) is 5.31. The lowest BCUT2D eigenvalue weighted by molar-refractivity contribution is -0.0136. The number of carbonyl (C=O) groups excluding carboxylic acids is 1. The first-order chi connectivity index (χ1) is 9.62. The van der Waals surface area contributed by atoms with Gasteiger partial charge in [-0.3, -0.25) is 0 Å². The molecule has 0 spiro atoms. The van der Waals surface area contributed by atoms with E-state index >= 15 is 0 Å². The third kappa shape index (κ3) is 2.66. The van der Waals surface area contributed by atoms with Crippen molar-refractivity contribution in [3.63, 3.8) is 0 Å². The molecule has 4 aliphatic carbocycles. The highest BCUT2D eigenvalue weighted by Gasteiger charge is 2.51. The summed E-state index contributed by atoms with van der Waals surface area (Å²) in [5.41, 5.74) is 0.0905. The fraction of sp³-hybridized carbons (Fsp3) is 0.824. The zero-order valence-corrected chi connectivity index (χ0v) is 12.5. The zero-order valence-electron chi connectivity index (χ0n) is 12.5. The Labute approximate surface area is 122 Å². The monoisotopic (exact) mass is 274 g/mol. The molecule has 4 fully saturated rings. The molecule has 0 aromatic heterocycles. The molecule has 2 N–H and O–H groups in total. The van der Waals surface area contributed by atoms with Gasteiger partial charge in [-0.15, -0.1) is 12.3 Å². The van der Waals surface area contributed by atoms with Crippen LogP contribution in [0.1, 0.15) is 58.3 Å². The Bertz CT molecular complexity index is 388. The van der Waals surface area contributed by atoms with Crippen molar-refractivity contribution < 1.29 is 4.79 Å². The van der Waals surface area contributed by atoms with Crippen LogP contribution < -0.4 is 10.6 Å². The largest absolute Gasteiger partial charge is 0.334 e. The lowest BCUT2D eigenvalue weighted by Gasteiger charge is -2.56. The second-order valence-corrected chi connectivity index (χ2v) is 7.31. The van der Waals surface area contributed by atoms with E-state index in [9.17, 15) is 4.79 Å². The molecule has 4 aliphatic rings. The van der Waals surface area contributed by atoms with E-state index < -0.39 is 0 Å². The summed E-state index contributed by atoms with van der Waals surface area (Å²) in [6.45, 7) is 2.06. The molecule has 0 radical (unpaired) electrons. The minimum Gasteiger partial charge on any atom is -0.334 e. The summed E-state index contributed by atoms with van der Waals surface area (Å²) in [4.78, 5) is 12.3. The number of urea groups is 1. The molecule has 0 aromatic carbocycles. The normalized spacial score (nSPS) is 39.1. The van der Waals surface area contributed by atoms with Crippen LogP contribution in [0.2, 0.25) is 0 Å². The minimum absolute atomic E-state index is 0.00551. The molecular weight excluding hydrogens is 248 g/mol. The van der Waals surface area contributed by atoms with Crippen molar-refractivity contribution >= 4 is 6.03 Å². The third-order valence-corrected chi connectivity index (χ3v) is 5.61. The van der Waals surface area contributed by atoms with E-state index in [1.54, 1.807) is 0 Å². The van der Waals surface area contributed by atoms with Crippen molar-refractivity contribution in [2.24, 2.45) is 17.8 Å². The average molecular weight is 274 g/mol. The number of hydrogen-bond donors (Lipinski definition) is 2. The van der Waals surface area contributed by atoms with Crippen LogP contribution in [0.5, 0.6) is 0 Å². The summed E-state index contributed by atoms with van der Waals surface area (Å²) in [5, 5.41) is 6.38. The fourth-order valence-electron chi connectivity index (χ4n) is 5.17. The van der Waals surface area contributed by atoms with Crippen molar-refractivity contribution in [2.45, 2.75) is 69.9 Å². The van der Waals surface area contributed by atoms with E-state index in [0.717, 1.165) is 24.2 Å². The average Bonchev–Trinajstić information content (AvgIpc) is 2.35. The Morgan fingerprint density at radius 2 is 1.80 bits per heavy atom. The minimum atomic E-state index is -0.00551. The number of amides is 2. The van der Waals surface area contributed by atoms with E-state index in [1.165, 1.54) is 38.5 Å². The van der Waals surface area contributed by atoms with Crippen LogP contribution in [0.4, 0.5) is 4.79 Å². The van der Waals surface area contributed by atoms with Crippen molar-refractivity contribution in [1.29, 1.82) is 0 Å². The molecule has 0 heterocycles. The summed E-state index contributed by atoms with van der Waals surface area (Å²) < 4.78 is 0. The van der Waals surface area contributed by atoms with Gasteiger partial charge < -0.3 is 10.6 Å². The van der Waals surface area contributed by atoms with Crippen LogP contribution in [0, 0.1) is 30.1 Å². The summed E-state index contributed by atoms with van der Waals surface area (Å²) in [6, 6.07) is 0.1000. The standard InChI is InChI=1S/C17H26N2O/c1-3-5-15(4-2)18-16(20)19-17-9-12-6-13(10-17)8-14(7-12)11-17/h1,12-15H,4-11H2,2H3,(H2,18,19,20). The summed E-state index contributed by atoms with van der Waals surface area (Å²) in [5.74, 6) is 5.21. The maximum absolute atomic E-state index is 12.3. The summed E-state index contributed by atoms with van der Waals surface area (Å²) >= 11 is 0. The molecule has 1 atom stereocenters. The summed E-state index contributed by atoms with van der Waals surface area (Å²) in [6.07, 6.45) is 14.6. The molecule has 0 aromatic rings. The Kier molecular flexibility index (Phi) is 3.67. The molecule has 0 saturated heterocycles. The van der Waals surface area contributed by atoms with Gasteiger partial charge in [0.1, 0.15) is 0 Å². The van der Waals surface area contributed by atoms with Gasteiger partial charge in [0.2, 0.25) is 0 Å². The Morgan fingerprint density at radius 3 is 2.25 bits per heavy atom. The highest BCUT2D eigenvalue weighted by Crippen LogP contribution is 2.55. The number of nitrogens with one attached hydrogen (secondary N) is 2. The van der Waals surface area contributed by atoms with Gasteiger partial charge >= 0.3 is 6.03 Å². The maximum atomic E-state index is 12.3. The van der Waals surface area contributed by atoms with Gasteiger partial charge in [-0.2, -0.15) is 0 Å². The number of rotatable bonds is 4. The topological polar surface area (TPSA) is 41.1 Å². The lowest BCUT2D eigenvalue weighted by Crippen LogP contribution is -2.62. The van der Waals surface area contributed by atoms with Gasteiger partial charge in [-0.1, -0.05) is 6.92 Å².